The van der Waals surface area contributed by atoms with E-state index in [0.717, 1.165) is 20.9 Å². The number of aromatic nitrogens is 4. The molecular formula is C18H18BrClN6. The molecule has 0 amide bonds. The third-order valence-corrected chi connectivity index (χ3v) is 5.25. The van der Waals surface area contributed by atoms with Gasteiger partial charge in [-0.05, 0) is 40.4 Å². The molecule has 1 fully saturated rings. The number of benzene rings is 1. The molecule has 0 aliphatic heterocycles. The number of hydrogen-bond acceptors (Lipinski definition) is 5. The number of halogens is 2. The summed E-state index contributed by atoms with van der Waals surface area (Å²) >= 11 is 9.75. The average Bonchev–Trinajstić information content (AvgIpc) is 3.38. The van der Waals surface area contributed by atoms with Crippen molar-refractivity contribution >= 4 is 45.1 Å². The number of rotatable bonds is 6. The predicted octanol–water partition coefficient (Wildman–Crippen LogP) is 4.87. The Bertz CT molecular complexity index is 924. The van der Waals surface area contributed by atoms with Crippen LogP contribution in [-0.2, 0) is 6.54 Å². The van der Waals surface area contributed by atoms with E-state index in [1.807, 2.05) is 42.3 Å². The lowest BCUT2D eigenvalue weighted by molar-refractivity contribution is 0.866. The molecule has 0 atom stereocenters. The summed E-state index contributed by atoms with van der Waals surface area (Å²) in [7, 11) is 1.94. The smallest absolute Gasteiger partial charge is 0.227 e. The van der Waals surface area contributed by atoms with Crippen LogP contribution in [0.4, 0.5) is 17.6 Å². The minimum Gasteiger partial charge on any atom is -0.339 e. The summed E-state index contributed by atoms with van der Waals surface area (Å²) in [6.45, 7) is 0.620. The van der Waals surface area contributed by atoms with Gasteiger partial charge in [-0.3, -0.25) is 5.10 Å². The minimum atomic E-state index is 0.605. The molecule has 0 spiro atoms. The Kier molecular flexibility index (Phi) is 4.82. The zero-order valence-corrected chi connectivity index (χ0v) is 16.5. The zero-order valence-electron chi connectivity index (χ0n) is 14.2. The van der Waals surface area contributed by atoms with E-state index in [1.165, 1.54) is 18.5 Å². The molecule has 26 heavy (non-hydrogen) atoms. The van der Waals surface area contributed by atoms with Crippen molar-refractivity contribution in [3.8, 4) is 0 Å². The third kappa shape index (κ3) is 3.83. The number of hydrogen-bond donors (Lipinski definition) is 2. The molecule has 0 bridgehead atoms. The molecule has 1 aliphatic rings. The monoisotopic (exact) mass is 432 g/mol. The van der Waals surface area contributed by atoms with Crippen LogP contribution in [0, 0.1) is 0 Å². The molecule has 134 valence electrons. The second-order valence-corrected chi connectivity index (χ2v) is 7.68. The van der Waals surface area contributed by atoms with Crippen molar-refractivity contribution in [1.29, 1.82) is 0 Å². The summed E-state index contributed by atoms with van der Waals surface area (Å²) in [5, 5.41) is 11.4. The second-order valence-electron chi connectivity index (χ2n) is 6.42. The SMILES string of the molecule is CN(Cc1ccccc1Cl)c1ncc(Br)c(Nc2cc(C3CC3)[nH]n2)n1. The Balaban J connectivity index is 1.52. The van der Waals surface area contributed by atoms with Gasteiger partial charge < -0.3 is 10.2 Å². The highest BCUT2D eigenvalue weighted by atomic mass is 79.9. The summed E-state index contributed by atoms with van der Waals surface area (Å²) in [6.07, 6.45) is 4.20. The lowest BCUT2D eigenvalue weighted by Crippen LogP contribution is -2.19. The Morgan fingerprint density at radius 1 is 1.35 bits per heavy atom. The molecule has 2 N–H and O–H groups in total. The Morgan fingerprint density at radius 2 is 2.15 bits per heavy atom. The maximum Gasteiger partial charge on any atom is 0.227 e. The first-order valence-electron chi connectivity index (χ1n) is 8.39. The van der Waals surface area contributed by atoms with Crippen molar-refractivity contribution in [2.75, 3.05) is 17.3 Å². The van der Waals surface area contributed by atoms with Gasteiger partial charge in [-0.15, -0.1) is 0 Å². The number of aromatic amines is 1. The van der Waals surface area contributed by atoms with Crippen LogP contribution in [0.5, 0.6) is 0 Å². The fourth-order valence-corrected chi connectivity index (χ4v) is 3.19. The van der Waals surface area contributed by atoms with Crippen LogP contribution in [0.2, 0.25) is 5.02 Å². The van der Waals surface area contributed by atoms with E-state index in [9.17, 15) is 0 Å². The van der Waals surface area contributed by atoms with E-state index in [4.69, 9.17) is 11.6 Å². The molecule has 3 aromatic rings. The van der Waals surface area contributed by atoms with Gasteiger partial charge in [0.1, 0.15) is 0 Å². The molecule has 1 aromatic carbocycles. The van der Waals surface area contributed by atoms with Crippen LogP contribution in [0.25, 0.3) is 0 Å². The average molecular weight is 434 g/mol. The fraction of sp³-hybridized carbons (Fsp3) is 0.278. The van der Waals surface area contributed by atoms with Crippen LogP contribution >= 0.6 is 27.5 Å². The van der Waals surface area contributed by atoms with Crippen molar-refractivity contribution in [2.45, 2.75) is 25.3 Å². The molecule has 1 aliphatic carbocycles. The van der Waals surface area contributed by atoms with E-state index in [2.05, 4.69) is 41.4 Å². The largest absolute Gasteiger partial charge is 0.339 e. The maximum absolute atomic E-state index is 6.25. The molecule has 0 radical (unpaired) electrons. The molecule has 2 aromatic heterocycles. The van der Waals surface area contributed by atoms with Gasteiger partial charge in [0, 0.05) is 42.5 Å². The Labute approximate surface area is 165 Å². The normalized spacial score (nSPS) is 13.7. The van der Waals surface area contributed by atoms with Crippen molar-refractivity contribution < 1.29 is 0 Å². The van der Waals surface area contributed by atoms with Crippen molar-refractivity contribution in [3.63, 3.8) is 0 Å². The first kappa shape index (κ1) is 17.3. The molecule has 0 saturated heterocycles. The highest BCUT2D eigenvalue weighted by Gasteiger charge is 2.25. The van der Waals surface area contributed by atoms with Crippen molar-refractivity contribution in [2.24, 2.45) is 0 Å². The molecule has 2 heterocycles. The summed E-state index contributed by atoms with van der Waals surface area (Å²) in [5.41, 5.74) is 2.20. The summed E-state index contributed by atoms with van der Waals surface area (Å²) in [5.74, 6) is 2.67. The van der Waals surface area contributed by atoms with Gasteiger partial charge in [-0.1, -0.05) is 29.8 Å². The first-order chi connectivity index (χ1) is 12.6. The Morgan fingerprint density at radius 3 is 2.92 bits per heavy atom. The van der Waals surface area contributed by atoms with Crippen molar-refractivity contribution in [3.05, 3.63) is 57.3 Å². The zero-order chi connectivity index (χ0) is 18.1. The second kappa shape index (κ2) is 7.25. The van der Waals surface area contributed by atoms with E-state index in [0.29, 0.717) is 24.2 Å². The lowest BCUT2D eigenvalue weighted by Gasteiger charge is -2.18. The standard InChI is InChI=1S/C18H18BrClN6/c1-26(10-12-4-2-3-5-14(12)20)18-21-9-13(19)17(23-18)22-16-8-15(24-25-16)11-6-7-11/h2-5,8-9,11H,6-7,10H2,1H3,(H2,21,22,23,24,25). The quantitative estimate of drug-likeness (QED) is 0.580. The highest BCUT2D eigenvalue weighted by molar-refractivity contribution is 9.10. The minimum absolute atomic E-state index is 0.605. The molecular weight excluding hydrogens is 416 g/mol. The topological polar surface area (TPSA) is 69.7 Å². The van der Waals surface area contributed by atoms with Crippen LogP contribution in [0.1, 0.15) is 30.0 Å². The van der Waals surface area contributed by atoms with Crippen molar-refractivity contribution in [1.82, 2.24) is 20.2 Å². The van der Waals surface area contributed by atoms with E-state index < -0.39 is 0 Å². The molecule has 1 saturated carbocycles. The lowest BCUT2D eigenvalue weighted by atomic mass is 10.2. The Hall–Kier alpha value is -2.12. The van der Waals surface area contributed by atoms with Gasteiger partial charge >= 0.3 is 0 Å². The van der Waals surface area contributed by atoms with Crippen LogP contribution in [0.15, 0.2) is 41.0 Å². The fourth-order valence-electron chi connectivity index (χ4n) is 2.71. The van der Waals surface area contributed by atoms with Crippen LogP contribution < -0.4 is 10.2 Å². The molecule has 0 unspecified atom stereocenters. The number of nitrogens with zero attached hydrogens (tertiary/aromatic N) is 4. The van der Waals surface area contributed by atoms with E-state index >= 15 is 0 Å². The summed E-state index contributed by atoms with van der Waals surface area (Å²) in [6, 6.07) is 9.82. The van der Waals surface area contributed by atoms with Gasteiger partial charge in [0.05, 0.1) is 4.47 Å². The van der Waals surface area contributed by atoms with Gasteiger partial charge in [0.15, 0.2) is 11.6 Å². The van der Waals surface area contributed by atoms with Gasteiger partial charge in [-0.2, -0.15) is 10.1 Å². The molecule has 8 heteroatoms. The van der Waals surface area contributed by atoms with Crippen LogP contribution in [0.3, 0.4) is 0 Å². The van der Waals surface area contributed by atoms with E-state index in [-0.39, 0.29) is 0 Å². The van der Waals surface area contributed by atoms with Gasteiger partial charge in [-0.25, -0.2) is 4.98 Å². The number of anilines is 3. The van der Waals surface area contributed by atoms with Gasteiger partial charge in [0.25, 0.3) is 0 Å². The summed E-state index contributed by atoms with van der Waals surface area (Å²) < 4.78 is 0.781. The highest BCUT2D eigenvalue weighted by Crippen LogP contribution is 2.39. The van der Waals surface area contributed by atoms with Crippen LogP contribution in [-0.4, -0.2) is 27.2 Å². The van der Waals surface area contributed by atoms with E-state index in [1.54, 1.807) is 6.20 Å². The number of nitrogens with one attached hydrogen (secondary N) is 2. The molecule has 4 rings (SSSR count). The summed E-state index contributed by atoms with van der Waals surface area (Å²) in [4.78, 5) is 11.0. The number of H-pyrrole nitrogens is 1. The first-order valence-corrected chi connectivity index (χ1v) is 9.56. The van der Waals surface area contributed by atoms with Gasteiger partial charge in [0.2, 0.25) is 5.95 Å². The maximum atomic E-state index is 6.25. The third-order valence-electron chi connectivity index (χ3n) is 4.30. The molecule has 6 nitrogen and oxygen atoms in total. The predicted molar refractivity (Wildman–Crippen MR) is 107 cm³/mol.